The van der Waals surface area contributed by atoms with Crippen molar-refractivity contribution in [1.29, 1.82) is 5.26 Å². The van der Waals surface area contributed by atoms with E-state index < -0.39 is 0 Å². The highest BCUT2D eigenvalue weighted by molar-refractivity contribution is 6.28. The molecule has 1 N–H and O–H groups in total. The van der Waals surface area contributed by atoms with E-state index in [0.29, 0.717) is 0 Å². The number of carbonyl (C=O) groups is 1. The number of Topliss-reactive ketones (excluding diaryl/α,β-unsaturated/α-hetero) is 1. The minimum atomic E-state index is -0.183. The molecule has 1 aliphatic rings. The van der Waals surface area contributed by atoms with Crippen LogP contribution in [0, 0.1) is 11.3 Å². The highest BCUT2D eigenvalue weighted by atomic mass is 35.5. The lowest BCUT2D eigenvalue weighted by Crippen LogP contribution is -2.35. The lowest BCUT2D eigenvalue weighted by Gasteiger charge is -2.05. The van der Waals surface area contributed by atoms with Crippen molar-refractivity contribution in [3.8, 4) is 6.07 Å². The van der Waals surface area contributed by atoms with Gasteiger partial charge in [-0.05, 0) is 12.8 Å². The normalized spacial score (nSPS) is 29.8. The van der Waals surface area contributed by atoms with Crippen LogP contribution in [0.25, 0.3) is 0 Å². The number of hydrogen-bond acceptors (Lipinski definition) is 3. The maximum atomic E-state index is 11.0. The van der Waals surface area contributed by atoms with Gasteiger partial charge in [0, 0.05) is 0 Å². The molecule has 1 heterocycles. The third-order valence-electron chi connectivity index (χ3n) is 1.82. The molecule has 0 saturated carbocycles. The number of halogens is 1. The van der Waals surface area contributed by atoms with E-state index in [1.165, 1.54) is 0 Å². The first-order valence-corrected chi connectivity index (χ1v) is 4.05. The zero-order valence-corrected chi connectivity index (χ0v) is 6.77. The topological polar surface area (TPSA) is 52.9 Å². The maximum absolute atomic E-state index is 11.0. The Morgan fingerprint density at radius 3 is 2.91 bits per heavy atom. The van der Waals surface area contributed by atoms with Crippen molar-refractivity contribution in [2.45, 2.75) is 24.9 Å². The first-order valence-electron chi connectivity index (χ1n) is 3.52. The van der Waals surface area contributed by atoms with Crippen molar-refractivity contribution in [3.63, 3.8) is 0 Å². The predicted octanol–water partition coefficient (Wildman–Crippen LogP) is 0.438. The molecule has 4 heteroatoms. The van der Waals surface area contributed by atoms with Crippen molar-refractivity contribution < 1.29 is 4.79 Å². The smallest absolute Gasteiger partial charge is 0.164 e. The lowest BCUT2D eigenvalue weighted by atomic mass is 10.1. The Morgan fingerprint density at radius 1 is 1.73 bits per heavy atom. The van der Waals surface area contributed by atoms with Gasteiger partial charge in [0.2, 0.25) is 0 Å². The van der Waals surface area contributed by atoms with E-state index in [-0.39, 0.29) is 23.7 Å². The number of ketones is 1. The van der Waals surface area contributed by atoms with Gasteiger partial charge in [0.1, 0.15) is 0 Å². The molecule has 0 aliphatic carbocycles. The molecule has 2 unspecified atom stereocenters. The summed E-state index contributed by atoms with van der Waals surface area (Å²) in [6, 6.07) is 1.72. The molecule has 1 rings (SSSR count). The van der Waals surface area contributed by atoms with Crippen LogP contribution in [-0.2, 0) is 4.79 Å². The second kappa shape index (κ2) is 3.70. The quantitative estimate of drug-likeness (QED) is 0.615. The summed E-state index contributed by atoms with van der Waals surface area (Å²) in [4.78, 5) is 11.0. The largest absolute Gasteiger partial charge is 0.297 e. The molecule has 1 fully saturated rings. The number of rotatable bonds is 2. The number of nitriles is 1. The van der Waals surface area contributed by atoms with Crippen LogP contribution >= 0.6 is 11.6 Å². The molecule has 2 atom stereocenters. The molecule has 3 nitrogen and oxygen atoms in total. The Labute approximate surface area is 70.3 Å². The molecule has 1 aliphatic heterocycles. The lowest BCUT2D eigenvalue weighted by molar-refractivity contribution is -0.118. The standard InChI is InChI=1S/C7H9ClN2O/c8-3-7(11)6-2-1-5(4-9)10-6/h5-6,10H,1-3H2. The molecule has 0 aromatic heterocycles. The first kappa shape index (κ1) is 8.51. The van der Waals surface area contributed by atoms with Gasteiger partial charge in [-0.3, -0.25) is 10.1 Å². The Balaban J connectivity index is 2.43. The van der Waals surface area contributed by atoms with Gasteiger partial charge < -0.3 is 0 Å². The van der Waals surface area contributed by atoms with Crippen LogP contribution in [0.3, 0.4) is 0 Å². The van der Waals surface area contributed by atoms with Crippen LogP contribution in [0.4, 0.5) is 0 Å². The van der Waals surface area contributed by atoms with Crippen molar-refractivity contribution in [2.24, 2.45) is 0 Å². The van der Waals surface area contributed by atoms with E-state index in [1.807, 2.05) is 0 Å². The van der Waals surface area contributed by atoms with Gasteiger partial charge >= 0.3 is 0 Å². The molecular formula is C7H9ClN2O. The van der Waals surface area contributed by atoms with E-state index in [1.54, 1.807) is 0 Å². The average molecular weight is 173 g/mol. The molecule has 1 saturated heterocycles. The van der Waals surface area contributed by atoms with Crippen LogP contribution < -0.4 is 5.32 Å². The van der Waals surface area contributed by atoms with E-state index >= 15 is 0 Å². The summed E-state index contributed by atoms with van der Waals surface area (Å²) in [5.74, 6) is 0.0277. The maximum Gasteiger partial charge on any atom is 0.164 e. The number of carbonyl (C=O) groups excluding carboxylic acids is 1. The molecule has 0 spiro atoms. The summed E-state index contributed by atoms with van der Waals surface area (Å²) >= 11 is 5.35. The van der Waals surface area contributed by atoms with E-state index in [0.717, 1.165) is 12.8 Å². The Bertz CT molecular complexity index is 199. The SMILES string of the molecule is N#CC1CCC(C(=O)CCl)N1. The highest BCUT2D eigenvalue weighted by Crippen LogP contribution is 2.12. The molecule has 0 aromatic carbocycles. The van der Waals surface area contributed by atoms with Gasteiger partial charge in [-0.25, -0.2) is 0 Å². The zero-order valence-electron chi connectivity index (χ0n) is 6.01. The van der Waals surface area contributed by atoms with Crippen LogP contribution in [0.15, 0.2) is 0 Å². The van der Waals surface area contributed by atoms with Crippen LogP contribution in [0.2, 0.25) is 0 Å². The fraction of sp³-hybridized carbons (Fsp3) is 0.714. The summed E-state index contributed by atoms with van der Waals surface area (Å²) < 4.78 is 0. The molecule has 0 radical (unpaired) electrons. The fourth-order valence-electron chi connectivity index (χ4n) is 1.19. The second-order valence-corrected chi connectivity index (χ2v) is 2.85. The fourth-order valence-corrected chi connectivity index (χ4v) is 1.38. The van der Waals surface area contributed by atoms with Gasteiger partial charge in [0.25, 0.3) is 0 Å². The van der Waals surface area contributed by atoms with Crippen LogP contribution in [0.1, 0.15) is 12.8 Å². The summed E-state index contributed by atoms with van der Waals surface area (Å²) in [6.07, 6.45) is 1.49. The third-order valence-corrected chi connectivity index (χ3v) is 2.09. The minimum Gasteiger partial charge on any atom is -0.297 e. The van der Waals surface area contributed by atoms with Gasteiger partial charge in [-0.15, -0.1) is 11.6 Å². The van der Waals surface area contributed by atoms with Gasteiger partial charge in [0.15, 0.2) is 5.78 Å². The Morgan fingerprint density at radius 2 is 2.45 bits per heavy atom. The van der Waals surface area contributed by atoms with Gasteiger partial charge in [-0.2, -0.15) is 5.26 Å². The highest BCUT2D eigenvalue weighted by Gasteiger charge is 2.27. The third kappa shape index (κ3) is 1.92. The summed E-state index contributed by atoms with van der Waals surface area (Å²) in [6.45, 7) is 0. The monoisotopic (exact) mass is 172 g/mol. The van der Waals surface area contributed by atoms with Gasteiger partial charge in [-0.1, -0.05) is 0 Å². The average Bonchev–Trinajstić information content (AvgIpc) is 2.50. The molecule has 11 heavy (non-hydrogen) atoms. The van der Waals surface area contributed by atoms with Crippen molar-refractivity contribution in [1.82, 2.24) is 5.32 Å². The molecule has 0 amide bonds. The molecule has 0 aromatic rings. The van der Waals surface area contributed by atoms with E-state index in [2.05, 4.69) is 11.4 Å². The Hall–Kier alpha value is -0.590. The first-order chi connectivity index (χ1) is 5.27. The minimum absolute atomic E-state index is 0.00980. The zero-order chi connectivity index (χ0) is 8.27. The summed E-state index contributed by atoms with van der Waals surface area (Å²) in [7, 11) is 0. The van der Waals surface area contributed by atoms with E-state index in [4.69, 9.17) is 16.9 Å². The molecule has 0 bridgehead atoms. The number of nitrogens with one attached hydrogen (secondary N) is 1. The second-order valence-electron chi connectivity index (χ2n) is 2.58. The van der Waals surface area contributed by atoms with Crippen molar-refractivity contribution in [2.75, 3.05) is 5.88 Å². The summed E-state index contributed by atoms with van der Waals surface area (Å²) in [5, 5.41) is 11.4. The number of nitrogens with zero attached hydrogens (tertiary/aromatic N) is 1. The van der Waals surface area contributed by atoms with E-state index in [9.17, 15) is 4.79 Å². The number of hydrogen-bond donors (Lipinski definition) is 1. The van der Waals surface area contributed by atoms with Crippen LogP contribution in [-0.4, -0.2) is 23.7 Å². The molecule has 60 valence electrons. The molecular weight excluding hydrogens is 164 g/mol. The van der Waals surface area contributed by atoms with Crippen molar-refractivity contribution in [3.05, 3.63) is 0 Å². The number of alkyl halides is 1. The Kier molecular flexibility index (Phi) is 2.86. The predicted molar refractivity (Wildman–Crippen MR) is 41.3 cm³/mol. The van der Waals surface area contributed by atoms with Gasteiger partial charge in [0.05, 0.1) is 24.0 Å². The van der Waals surface area contributed by atoms with Crippen molar-refractivity contribution >= 4 is 17.4 Å². The summed E-state index contributed by atoms with van der Waals surface area (Å²) in [5.41, 5.74) is 0. The van der Waals surface area contributed by atoms with Crippen LogP contribution in [0.5, 0.6) is 0 Å².